The van der Waals surface area contributed by atoms with Gasteiger partial charge in [0, 0.05) is 31.4 Å². The fourth-order valence-electron chi connectivity index (χ4n) is 1.69. The Morgan fingerprint density at radius 1 is 1.12 bits per heavy atom. The van der Waals surface area contributed by atoms with Crippen LogP contribution < -0.4 is 9.47 Å². The second-order valence-electron chi connectivity index (χ2n) is 3.91. The summed E-state index contributed by atoms with van der Waals surface area (Å²) in [5.41, 5.74) is 2.37. The number of benzene rings is 1. The fraction of sp³-hybridized carbons (Fsp3) is 0.143. The molecule has 0 N–H and O–H groups in total. The van der Waals surface area contributed by atoms with E-state index in [2.05, 4.69) is 17.0 Å². The molecule has 1 aromatic carbocycles. The first-order chi connectivity index (χ1) is 8.29. The molecule has 84 valence electrons. The Labute approximate surface area is 101 Å². The van der Waals surface area contributed by atoms with Crippen LogP contribution in [0.15, 0.2) is 54.9 Å². The van der Waals surface area contributed by atoms with Crippen molar-refractivity contribution in [3.05, 3.63) is 60.4 Å². The van der Waals surface area contributed by atoms with Crippen LogP contribution in [-0.4, -0.2) is 7.05 Å². The maximum absolute atomic E-state index is 8.70. The minimum Gasteiger partial charge on any atom is -0.370 e. The van der Waals surface area contributed by atoms with Crippen molar-refractivity contribution in [2.45, 2.75) is 6.54 Å². The monoisotopic (exact) mass is 224 g/mol. The van der Waals surface area contributed by atoms with Gasteiger partial charge in [0.05, 0.1) is 0 Å². The maximum Gasteiger partial charge on any atom is 0.463 e. The lowest BCUT2D eigenvalue weighted by molar-refractivity contribution is -0.586. The molecule has 0 aliphatic rings. The highest BCUT2D eigenvalue weighted by atomic mass is 15.1. The zero-order chi connectivity index (χ0) is 12.1. The van der Waals surface area contributed by atoms with E-state index in [-0.39, 0.29) is 0 Å². The van der Waals surface area contributed by atoms with Gasteiger partial charge in [0.1, 0.15) is 12.4 Å². The van der Waals surface area contributed by atoms with E-state index in [1.165, 1.54) is 10.1 Å². The van der Waals surface area contributed by atoms with Crippen LogP contribution in [0.2, 0.25) is 0 Å². The molecule has 0 saturated carbocycles. The molecule has 0 bridgehead atoms. The Hall–Kier alpha value is -2.34. The summed E-state index contributed by atoms with van der Waals surface area (Å²) in [6.07, 6.45) is 5.56. The second kappa shape index (κ2) is 5.13. The Balaban J connectivity index is 2.10. The minimum absolute atomic E-state index is 0.859. The summed E-state index contributed by atoms with van der Waals surface area (Å²) < 4.78 is 1.47. The average molecular weight is 224 g/mol. The van der Waals surface area contributed by atoms with Gasteiger partial charge in [-0.15, -0.1) is 4.57 Å². The lowest BCUT2D eigenvalue weighted by atomic mass is 10.2. The highest BCUT2D eigenvalue weighted by Gasteiger charge is 2.03. The van der Waals surface area contributed by atoms with Crippen molar-refractivity contribution >= 4 is 5.69 Å². The van der Waals surface area contributed by atoms with Crippen LogP contribution in [0.5, 0.6) is 0 Å². The molecule has 0 fully saturated rings. The number of hydrogen-bond donors (Lipinski definition) is 0. The van der Waals surface area contributed by atoms with E-state index in [0.717, 1.165) is 12.2 Å². The lowest BCUT2D eigenvalue weighted by Gasteiger charge is -2.18. The van der Waals surface area contributed by atoms with Gasteiger partial charge >= 0.3 is 6.19 Å². The summed E-state index contributed by atoms with van der Waals surface area (Å²) in [5.74, 6) is 0. The molecule has 0 saturated heterocycles. The van der Waals surface area contributed by atoms with Gasteiger partial charge in [0.15, 0.2) is 5.26 Å². The van der Waals surface area contributed by atoms with Crippen LogP contribution >= 0.6 is 0 Å². The molecule has 0 amide bonds. The molecule has 0 aliphatic carbocycles. The van der Waals surface area contributed by atoms with Crippen LogP contribution in [-0.2, 0) is 6.54 Å². The van der Waals surface area contributed by atoms with E-state index >= 15 is 0 Å². The van der Waals surface area contributed by atoms with Gasteiger partial charge in [-0.05, 0) is 5.56 Å². The molecule has 2 rings (SSSR count). The highest BCUT2D eigenvalue weighted by molar-refractivity contribution is 5.43. The normalized spacial score (nSPS) is 9.65. The molecule has 1 aromatic heterocycles. The fourth-order valence-corrected chi connectivity index (χ4v) is 1.69. The quantitative estimate of drug-likeness (QED) is 0.746. The van der Waals surface area contributed by atoms with Gasteiger partial charge in [-0.2, -0.15) is 0 Å². The van der Waals surface area contributed by atoms with E-state index < -0.39 is 0 Å². The lowest BCUT2D eigenvalue weighted by Crippen LogP contribution is -2.27. The number of pyridine rings is 1. The molecule has 3 heteroatoms. The third kappa shape index (κ3) is 2.82. The van der Waals surface area contributed by atoms with Crippen molar-refractivity contribution in [3.63, 3.8) is 0 Å². The predicted molar refractivity (Wildman–Crippen MR) is 66.2 cm³/mol. The zero-order valence-corrected chi connectivity index (χ0v) is 9.74. The second-order valence-corrected chi connectivity index (χ2v) is 3.91. The van der Waals surface area contributed by atoms with Crippen LogP contribution in [0, 0.1) is 11.5 Å². The summed E-state index contributed by atoms with van der Waals surface area (Å²) >= 11 is 0. The minimum atomic E-state index is 0.859. The number of anilines is 1. The number of aromatic nitrogens is 1. The van der Waals surface area contributed by atoms with Crippen LogP contribution in [0.3, 0.4) is 0 Å². The number of nitriles is 1. The first-order valence-corrected chi connectivity index (χ1v) is 5.46. The molecular weight excluding hydrogens is 210 g/mol. The van der Waals surface area contributed by atoms with Gasteiger partial charge in [0.25, 0.3) is 0 Å². The van der Waals surface area contributed by atoms with Crippen LogP contribution in [0.1, 0.15) is 5.56 Å². The Kier molecular flexibility index (Phi) is 3.37. The predicted octanol–water partition coefficient (Wildman–Crippen LogP) is 1.94. The molecule has 0 unspecified atom stereocenters. The van der Waals surface area contributed by atoms with Crippen molar-refractivity contribution in [3.8, 4) is 6.19 Å². The Morgan fingerprint density at radius 2 is 1.76 bits per heavy atom. The SMILES string of the molecule is CN(Cc1ccccc1)c1cc[n+](C#N)cc1. The highest BCUT2D eigenvalue weighted by Crippen LogP contribution is 2.12. The topological polar surface area (TPSA) is 30.9 Å². The van der Waals surface area contributed by atoms with Gasteiger partial charge in [-0.1, -0.05) is 30.3 Å². The van der Waals surface area contributed by atoms with Crippen molar-refractivity contribution in [2.75, 3.05) is 11.9 Å². The number of rotatable bonds is 3. The molecule has 1 heterocycles. The van der Waals surface area contributed by atoms with Crippen LogP contribution in [0.25, 0.3) is 0 Å². The smallest absolute Gasteiger partial charge is 0.370 e. The average Bonchev–Trinajstić information content (AvgIpc) is 2.40. The molecule has 17 heavy (non-hydrogen) atoms. The van der Waals surface area contributed by atoms with Crippen molar-refractivity contribution in [1.82, 2.24) is 0 Å². The molecule has 0 atom stereocenters. The zero-order valence-electron chi connectivity index (χ0n) is 9.74. The largest absolute Gasteiger partial charge is 0.463 e. The summed E-state index contributed by atoms with van der Waals surface area (Å²) in [6, 6.07) is 14.2. The summed E-state index contributed by atoms with van der Waals surface area (Å²) in [4.78, 5) is 2.15. The third-order valence-corrected chi connectivity index (χ3v) is 2.63. The standard InChI is InChI=1S/C14H14N3/c1-16(11-13-5-3-2-4-6-13)14-7-9-17(12-15)10-8-14/h2-10H,11H2,1H3/q+1. The molecule has 2 aromatic rings. The maximum atomic E-state index is 8.70. The van der Waals surface area contributed by atoms with Gasteiger partial charge < -0.3 is 4.90 Å². The van der Waals surface area contributed by atoms with Crippen molar-refractivity contribution < 1.29 is 4.57 Å². The van der Waals surface area contributed by atoms with E-state index in [1.807, 2.05) is 43.6 Å². The Morgan fingerprint density at radius 3 is 2.35 bits per heavy atom. The summed E-state index contributed by atoms with van der Waals surface area (Å²) in [6.45, 7) is 0.859. The van der Waals surface area contributed by atoms with Gasteiger partial charge in [-0.25, -0.2) is 0 Å². The van der Waals surface area contributed by atoms with Crippen molar-refractivity contribution in [2.24, 2.45) is 0 Å². The van der Waals surface area contributed by atoms with Crippen LogP contribution in [0.4, 0.5) is 5.69 Å². The van der Waals surface area contributed by atoms with E-state index in [1.54, 1.807) is 12.4 Å². The molecule has 0 spiro atoms. The first-order valence-electron chi connectivity index (χ1n) is 5.46. The Bertz CT molecular complexity index is 511. The van der Waals surface area contributed by atoms with Crippen molar-refractivity contribution in [1.29, 1.82) is 5.26 Å². The summed E-state index contributed by atoms with van der Waals surface area (Å²) in [7, 11) is 2.04. The number of nitrogens with zero attached hydrogens (tertiary/aromatic N) is 3. The summed E-state index contributed by atoms with van der Waals surface area (Å²) in [5, 5.41) is 8.70. The first kappa shape index (κ1) is 11.2. The molecule has 0 aliphatic heterocycles. The molecular formula is C14H14N3+. The van der Waals surface area contributed by atoms with E-state index in [9.17, 15) is 0 Å². The molecule has 0 radical (unpaired) electrons. The van der Waals surface area contributed by atoms with E-state index in [4.69, 9.17) is 5.26 Å². The van der Waals surface area contributed by atoms with E-state index in [0.29, 0.717) is 0 Å². The van der Waals surface area contributed by atoms with Gasteiger partial charge in [-0.3, -0.25) is 0 Å². The number of hydrogen-bond acceptors (Lipinski definition) is 2. The molecule has 3 nitrogen and oxygen atoms in total. The third-order valence-electron chi connectivity index (χ3n) is 2.63. The van der Waals surface area contributed by atoms with Gasteiger partial charge in [0.2, 0.25) is 0 Å².